The van der Waals surface area contributed by atoms with Crippen molar-refractivity contribution < 1.29 is 9.53 Å². The van der Waals surface area contributed by atoms with Crippen LogP contribution in [0.5, 0.6) is 0 Å². The summed E-state index contributed by atoms with van der Waals surface area (Å²) in [6.45, 7) is 1.96. The second kappa shape index (κ2) is 5.42. The molecule has 6 heteroatoms. The molecule has 0 unspecified atom stereocenters. The largest absolute Gasteiger partial charge is 0.465 e. The SMILES string of the molecule is COC(=O)c1ccc2c(Cl)nc(C3CCNCC3)n2c1. The van der Waals surface area contributed by atoms with Crippen molar-refractivity contribution in [3.05, 3.63) is 34.9 Å². The van der Waals surface area contributed by atoms with Crippen LogP contribution in [-0.4, -0.2) is 35.6 Å². The lowest BCUT2D eigenvalue weighted by Crippen LogP contribution is -2.27. The zero-order valence-corrected chi connectivity index (χ0v) is 12.0. The molecule has 106 valence electrons. The number of esters is 1. The van der Waals surface area contributed by atoms with E-state index in [0.29, 0.717) is 16.6 Å². The maximum atomic E-state index is 11.7. The molecule has 2 aromatic rings. The molecule has 0 amide bonds. The van der Waals surface area contributed by atoms with Gasteiger partial charge in [-0.2, -0.15) is 0 Å². The molecule has 1 aliphatic heterocycles. The number of ether oxygens (including phenoxy) is 1. The summed E-state index contributed by atoms with van der Waals surface area (Å²) in [5.41, 5.74) is 1.33. The Bertz CT molecular complexity index is 647. The van der Waals surface area contributed by atoms with E-state index in [1.807, 2.05) is 10.5 Å². The van der Waals surface area contributed by atoms with Crippen LogP contribution in [0.4, 0.5) is 0 Å². The first-order valence-corrected chi connectivity index (χ1v) is 7.05. The molecular formula is C14H16ClN3O2. The molecule has 0 aromatic carbocycles. The van der Waals surface area contributed by atoms with Gasteiger partial charge in [-0.05, 0) is 38.1 Å². The predicted octanol–water partition coefficient (Wildman–Crippen LogP) is 2.24. The summed E-state index contributed by atoms with van der Waals surface area (Å²) < 4.78 is 6.68. The molecule has 1 aliphatic rings. The van der Waals surface area contributed by atoms with Crippen LogP contribution in [0.3, 0.4) is 0 Å². The van der Waals surface area contributed by atoms with Gasteiger partial charge in [-0.15, -0.1) is 0 Å². The van der Waals surface area contributed by atoms with Crippen molar-refractivity contribution in [3.63, 3.8) is 0 Å². The molecule has 20 heavy (non-hydrogen) atoms. The zero-order chi connectivity index (χ0) is 14.1. The average Bonchev–Trinajstić information content (AvgIpc) is 2.84. The summed E-state index contributed by atoms with van der Waals surface area (Å²) in [5, 5.41) is 3.82. The Hall–Kier alpha value is -1.59. The summed E-state index contributed by atoms with van der Waals surface area (Å²) in [4.78, 5) is 16.1. The smallest absolute Gasteiger partial charge is 0.339 e. The molecule has 0 aliphatic carbocycles. The summed E-state index contributed by atoms with van der Waals surface area (Å²) in [6.07, 6.45) is 3.81. The quantitative estimate of drug-likeness (QED) is 0.863. The van der Waals surface area contributed by atoms with E-state index in [9.17, 15) is 4.79 Å². The van der Waals surface area contributed by atoms with Gasteiger partial charge in [-0.25, -0.2) is 9.78 Å². The molecule has 1 saturated heterocycles. The van der Waals surface area contributed by atoms with Crippen molar-refractivity contribution in [2.75, 3.05) is 20.2 Å². The van der Waals surface area contributed by atoms with Crippen LogP contribution in [-0.2, 0) is 4.74 Å². The molecule has 5 nitrogen and oxygen atoms in total. The normalized spacial score (nSPS) is 16.5. The first-order valence-electron chi connectivity index (χ1n) is 6.67. The number of methoxy groups -OCH3 is 1. The molecule has 3 rings (SSSR count). The molecular weight excluding hydrogens is 278 g/mol. The Morgan fingerprint density at radius 1 is 1.45 bits per heavy atom. The minimum atomic E-state index is -0.354. The lowest BCUT2D eigenvalue weighted by molar-refractivity contribution is 0.0600. The fourth-order valence-corrected chi connectivity index (χ4v) is 2.92. The molecule has 1 fully saturated rings. The van der Waals surface area contributed by atoms with Crippen LogP contribution < -0.4 is 5.32 Å². The minimum Gasteiger partial charge on any atom is -0.465 e. The molecule has 0 atom stereocenters. The van der Waals surface area contributed by atoms with Gasteiger partial charge in [0.05, 0.1) is 18.2 Å². The Kier molecular flexibility index (Phi) is 3.63. The van der Waals surface area contributed by atoms with E-state index in [1.165, 1.54) is 7.11 Å². The van der Waals surface area contributed by atoms with E-state index in [4.69, 9.17) is 16.3 Å². The maximum absolute atomic E-state index is 11.7. The first-order chi connectivity index (χ1) is 9.70. The van der Waals surface area contributed by atoms with Gasteiger partial charge in [0.25, 0.3) is 0 Å². The Balaban J connectivity index is 2.08. The Morgan fingerprint density at radius 3 is 2.90 bits per heavy atom. The number of imidazole rings is 1. The fraction of sp³-hybridized carbons (Fsp3) is 0.429. The number of halogens is 1. The van der Waals surface area contributed by atoms with Gasteiger partial charge in [-0.1, -0.05) is 11.6 Å². The Labute approximate surface area is 121 Å². The number of nitrogens with one attached hydrogen (secondary N) is 1. The monoisotopic (exact) mass is 293 g/mol. The number of piperidine rings is 1. The van der Waals surface area contributed by atoms with E-state index >= 15 is 0 Å². The lowest BCUT2D eigenvalue weighted by atomic mass is 9.97. The van der Waals surface area contributed by atoms with Gasteiger partial charge >= 0.3 is 5.97 Å². The molecule has 0 bridgehead atoms. The minimum absolute atomic E-state index is 0.354. The van der Waals surface area contributed by atoms with Gasteiger partial charge in [0.15, 0.2) is 5.15 Å². The van der Waals surface area contributed by atoms with Crippen molar-refractivity contribution in [1.29, 1.82) is 0 Å². The maximum Gasteiger partial charge on any atom is 0.339 e. The van der Waals surface area contributed by atoms with E-state index in [2.05, 4.69) is 10.3 Å². The highest BCUT2D eigenvalue weighted by Gasteiger charge is 2.22. The standard InChI is InChI=1S/C14H16ClN3O2/c1-20-14(19)10-2-3-11-12(15)17-13(18(11)8-10)9-4-6-16-7-5-9/h2-3,8-9,16H,4-7H2,1H3. The average molecular weight is 294 g/mol. The van der Waals surface area contributed by atoms with Crippen molar-refractivity contribution in [2.24, 2.45) is 0 Å². The van der Waals surface area contributed by atoms with Crippen LogP contribution in [0.1, 0.15) is 34.9 Å². The van der Waals surface area contributed by atoms with Crippen molar-refractivity contribution >= 4 is 23.1 Å². The third kappa shape index (κ3) is 2.27. The molecule has 0 saturated carbocycles. The second-order valence-corrected chi connectivity index (χ2v) is 5.31. The van der Waals surface area contributed by atoms with Crippen LogP contribution in [0.15, 0.2) is 18.3 Å². The first kappa shape index (κ1) is 13.4. The molecule has 0 spiro atoms. The number of hydrogen-bond acceptors (Lipinski definition) is 4. The lowest BCUT2D eigenvalue weighted by Gasteiger charge is -2.21. The summed E-state index contributed by atoms with van der Waals surface area (Å²) in [6, 6.07) is 3.52. The number of hydrogen-bond donors (Lipinski definition) is 1. The number of nitrogens with zero attached hydrogens (tertiary/aromatic N) is 2. The van der Waals surface area contributed by atoms with E-state index in [0.717, 1.165) is 37.3 Å². The van der Waals surface area contributed by atoms with Crippen LogP contribution >= 0.6 is 11.6 Å². The van der Waals surface area contributed by atoms with Crippen molar-refractivity contribution in [2.45, 2.75) is 18.8 Å². The number of pyridine rings is 1. The highest BCUT2D eigenvalue weighted by atomic mass is 35.5. The molecule has 2 aromatic heterocycles. The topological polar surface area (TPSA) is 55.6 Å². The van der Waals surface area contributed by atoms with Gasteiger partial charge in [0.2, 0.25) is 0 Å². The molecule has 3 heterocycles. The van der Waals surface area contributed by atoms with E-state index in [1.54, 1.807) is 12.3 Å². The fourth-order valence-electron chi connectivity index (χ4n) is 2.68. The number of carbonyl (C=O) groups is 1. The third-order valence-corrected chi connectivity index (χ3v) is 4.02. The van der Waals surface area contributed by atoms with Crippen molar-refractivity contribution in [3.8, 4) is 0 Å². The highest BCUT2D eigenvalue weighted by Crippen LogP contribution is 2.29. The molecule has 0 radical (unpaired) electrons. The number of aromatic nitrogens is 2. The van der Waals surface area contributed by atoms with Gasteiger partial charge < -0.3 is 14.5 Å². The molecule has 1 N–H and O–H groups in total. The van der Waals surface area contributed by atoms with Crippen LogP contribution in [0, 0.1) is 0 Å². The van der Waals surface area contributed by atoms with E-state index in [-0.39, 0.29) is 5.97 Å². The second-order valence-electron chi connectivity index (χ2n) is 4.95. The number of carbonyl (C=O) groups excluding carboxylic acids is 1. The third-order valence-electron chi connectivity index (χ3n) is 3.74. The predicted molar refractivity (Wildman–Crippen MR) is 76.4 cm³/mol. The van der Waals surface area contributed by atoms with Crippen LogP contribution in [0.2, 0.25) is 5.15 Å². The summed E-state index contributed by atoms with van der Waals surface area (Å²) in [5.74, 6) is 0.939. The van der Waals surface area contributed by atoms with Crippen LogP contribution in [0.25, 0.3) is 5.52 Å². The van der Waals surface area contributed by atoms with Crippen molar-refractivity contribution in [1.82, 2.24) is 14.7 Å². The highest BCUT2D eigenvalue weighted by molar-refractivity contribution is 6.32. The van der Waals surface area contributed by atoms with Gasteiger partial charge in [0, 0.05) is 12.1 Å². The summed E-state index contributed by atoms with van der Waals surface area (Å²) >= 11 is 6.20. The summed E-state index contributed by atoms with van der Waals surface area (Å²) in [7, 11) is 1.38. The number of rotatable bonds is 2. The Morgan fingerprint density at radius 2 is 2.20 bits per heavy atom. The van der Waals surface area contributed by atoms with E-state index < -0.39 is 0 Å². The number of fused-ring (bicyclic) bond motifs is 1. The zero-order valence-electron chi connectivity index (χ0n) is 11.2. The van der Waals surface area contributed by atoms with Gasteiger partial charge in [-0.3, -0.25) is 0 Å². The van der Waals surface area contributed by atoms with Gasteiger partial charge in [0.1, 0.15) is 5.82 Å².